The highest BCUT2D eigenvalue weighted by Gasteiger charge is 2.33. The Balaban J connectivity index is 2.12. The van der Waals surface area contributed by atoms with E-state index in [2.05, 4.69) is 11.6 Å². The van der Waals surface area contributed by atoms with Crippen LogP contribution in [-0.2, 0) is 16.6 Å². The fourth-order valence-corrected chi connectivity index (χ4v) is 4.91. The van der Waals surface area contributed by atoms with Crippen molar-refractivity contribution in [3.8, 4) is 0 Å². The van der Waals surface area contributed by atoms with Gasteiger partial charge in [0.05, 0.1) is 4.90 Å². The third-order valence-electron chi connectivity index (χ3n) is 3.66. The summed E-state index contributed by atoms with van der Waals surface area (Å²) in [6.07, 6.45) is 3.41. The van der Waals surface area contributed by atoms with Crippen LogP contribution in [0, 0.1) is 12.3 Å². The van der Waals surface area contributed by atoms with E-state index in [1.165, 1.54) is 17.8 Å². The highest BCUT2D eigenvalue weighted by atomic mass is 32.2. The summed E-state index contributed by atoms with van der Waals surface area (Å²) in [6, 6.07) is 1.69. The average molecular weight is 288 g/mol. The maximum absolute atomic E-state index is 12.2. The lowest BCUT2D eigenvalue weighted by molar-refractivity contribution is 0.166. The molecule has 1 aliphatic rings. The van der Waals surface area contributed by atoms with Gasteiger partial charge in [-0.15, -0.1) is 11.3 Å². The molecule has 0 aromatic carbocycles. The van der Waals surface area contributed by atoms with Gasteiger partial charge in [-0.1, -0.05) is 13.3 Å². The van der Waals surface area contributed by atoms with Gasteiger partial charge < -0.3 is 5.73 Å². The van der Waals surface area contributed by atoms with E-state index < -0.39 is 10.0 Å². The maximum atomic E-state index is 12.2. The van der Waals surface area contributed by atoms with E-state index in [-0.39, 0.29) is 5.41 Å². The first-order valence-corrected chi connectivity index (χ1v) is 8.45. The smallest absolute Gasteiger partial charge is 0.241 e. The Bertz CT molecular complexity index is 530. The standard InChI is InChI=1S/C12H20N2O2S2/c1-9-11(6-10(7-13)17-9)18(15,16)14-8-12(2)4-3-5-12/h6,14H,3-5,7-8,13H2,1-2H3. The third kappa shape index (κ3) is 2.77. The van der Waals surface area contributed by atoms with Gasteiger partial charge in [-0.25, -0.2) is 13.1 Å². The molecule has 18 heavy (non-hydrogen) atoms. The zero-order valence-corrected chi connectivity index (χ0v) is 12.5. The van der Waals surface area contributed by atoms with E-state index in [4.69, 9.17) is 5.73 Å². The predicted molar refractivity (Wildman–Crippen MR) is 74.1 cm³/mol. The van der Waals surface area contributed by atoms with E-state index in [0.717, 1.165) is 22.6 Å². The van der Waals surface area contributed by atoms with Crippen LogP contribution in [0.25, 0.3) is 0 Å². The Kier molecular flexibility index (Phi) is 3.82. The molecule has 102 valence electrons. The molecule has 0 spiro atoms. The van der Waals surface area contributed by atoms with Gasteiger partial charge in [-0.2, -0.15) is 0 Å². The number of hydrogen-bond acceptors (Lipinski definition) is 4. The summed E-state index contributed by atoms with van der Waals surface area (Å²) in [5, 5.41) is 0. The van der Waals surface area contributed by atoms with E-state index >= 15 is 0 Å². The Morgan fingerprint density at radius 1 is 1.50 bits per heavy atom. The van der Waals surface area contributed by atoms with E-state index in [9.17, 15) is 8.42 Å². The first-order chi connectivity index (χ1) is 8.36. The van der Waals surface area contributed by atoms with Gasteiger partial charge in [0.1, 0.15) is 0 Å². The lowest BCUT2D eigenvalue weighted by Crippen LogP contribution is -2.39. The summed E-state index contributed by atoms with van der Waals surface area (Å²) in [6.45, 7) is 4.87. The number of hydrogen-bond donors (Lipinski definition) is 2. The SMILES string of the molecule is Cc1sc(CN)cc1S(=O)(=O)NCC1(C)CCC1. The minimum absolute atomic E-state index is 0.147. The van der Waals surface area contributed by atoms with Crippen LogP contribution in [0.5, 0.6) is 0 Å². The van der Waals surface area contributed by atoms with Crippen LogP contribution in [-0.4, -0.2) is 15.0 Å². The van der Waals surface area contributed by atoms with Crippen molar-refractivity contribution in [2.45, 2.75) is 44.6 Å². The lowest BCUT2D eigenvalue weighted by Gasteiger charge is -2.38. The van der Waals surface area contributed by atoms with Crippen molar-refractivity contribution in [2.75, 3.05) is 6.54 Å². The minimum atomic E-state index is -3.38. The van der Waals surface area contributed by atoms with Crippen LogP contribution in [0.15, 0.2) is 11.0 Å². The first kappa shape index (κ1) is 14.0. The van der Waals surface area contributed by atoms with Gasteiger partial charge in [0.2, 0.25) is 10.0 Å². The second-order valence-electron chi connectivity index (χ2n) is 5.33. The van der Waals surface area contributed by atoms with Crippen LogP contribution >= 0.6 is 11.3 Å². The lowest BCUT2D eigenvalue weighted by atomic mass is 9.71. The molecule has 1 aliphatic carbocycles. The Labute approximate surface area is 113 Å². The molecule has 1 heterocycles. The van der Waals surface area contributed by atoms with Gasteiger partial charge in [0.25, 0.3) is 0 Å². The molecule has 1 saturated carbocycles. The quantitative estimate of drug-likeness (QED) is 0.870. The van der Waals surface area contributed by atoms with E-state index in [1.807, 2.05) is 6.92 Å². The Hall–Kier alpha value is -0.430. The van der Waals surface area contributed by atoms with Gasteiger partial charge in [0.15, 0.2) is 0 Å². The number of sulfonamides is 1. The molecule has 1 aromatic rings. The predicted octanol–water partition coefficient (Wildman–Crippen LogP) is 1.98. The Morgan fingerprint density at radius 2 is 2.17 bits per heavy atom. The second kappa shape index (κ2) is 4.92. The van der Waals surface area contributed by atoms with Crippen LogP contribution in [0.4, 0.5) is 0 Å². The molecule has 0 unspecified atom stereocenters. The highest BCUT2D eigenvalue weighted by molar-refractivity contribution is 7.89. The molecule has 6 heteroatoms. The topological polar surface area (TPSA) is 72.2 Å². The number of aryl methyl sites for hydroxylation is 1. The molecule has 0 atom stereocenters. The molecule has 0 radical (unpaired) electrons. The van der Waals surface area contributed by atoms with Crippen molar-refractivity contribution < 1.29 is 8.42 Å². The zero-order valence-electron chi connectivity index (χ0n) is 10.8. The van der Waals surface area contributed by atoms with Crippen molar-refractivity contribution in [2.24, 2.45) is 11.1 Å². The fourth-order valence-electron chi connectivity index (χ4n) is 2.20. The molecule has 0 saturated heterocycles. The number of nitrogens with two attached hydrogens (primary N) is 1. The van der Waals surface area contributed by atoms with Crippen molar-refractivity contribution >= 4 is 21.4 Å². The molecular formula is C12H20N2O2S2. The largest absolute Gasteiger partial charge is 0.326 e. The van der Waals surface area contributed by atoms with Crippen molar-refractivity contribution in [1.29, 1.82) is 0 Å². The normalized spacial score (nSPS) is 18.6. The summed E-state index contributed by atoms with van der Waals surface area (Å²) in [5.74, 6) is 0. The van der Waals surface area contributed by atoms with Crippen LogP contribution in [0.2, 0.25) is 0 Å². The molecule has 0 amide bonds. The van der Waals surface area contributed by atoms with Crippen molar-refractivity contribution in [3.63, 3.8) is 0 Å². The second-order valence-corrected chi connectivity index (χ2v) is 8.40. The van der Waals surface area contributed by atoms with Crippen molar-refractivity contribution in [1.82, 2.24) is 4.72 Å². The molecule has 3 N–H and O–H groups in total. The summed E-state index contributed by atoms with van der Waals surface area (Å²) >= 11 is 1.45. The molecule has 1 aromatic heterocycles. The first-order valence-electron chi connectivity index (χ1n) is 6.15. The van der Waals surface area contributed by atoms with E-state index in [0.29, 0.717) is 18.0 Å². The Morgan fingerprint density at radius 3 is 2.61 bits per heavy atom. The number of thiophene rings is 1. The van der Waals surface area contributed by atoms with Gasteiger partial charge in [0, 0.05) is 22.8 Å². The molecule has 4 nitrogen and oxygen atoms in total. The summed E-state index contributed by atoms with van der Waals surface area (Å²) in [7, 11) is -3.38. The molecule has 0 bridgehead atoms. The maximum Gasteiger partial charge on any atom is 0.241 e. The van der Waals surface area contributed by atoms with Crippen LogP contribution in [0.1, 0.15) is 35.9 Å². The number of rotatable bonds is 5. The van der Waals surface area contributed by atoms with Crippen LogP contribution in [0.3, 0.4) is 0 Å². The van der Waals surface area contributed by atoms with Crippen molar-refractivity contribution in [3.05, 3.63) is 15.8 Å². The average Bonchev–Trinajstić information content (AvgIpc) is 2.66. The van der Waals surface area contributed by atoms with Gasteiger partial charge in [-0.3, -0.25) is 0 Å². The summed E-state index contributed by atoms with van der Waals surface area (Å²) in [4.78, 5) is 2.10. The number of nitrogens with one attached hydrogen (secondary N) is 1. The van der Waals surface area contributed by atoms with Crippen LogP contribution < -0.4 is 10.5 Å². The third-order valence-corrected chi connectivity index (χ3v) is 6.39. The van der Waals surface area contributed by atoms with E-state index in [1.54, 1.807) is 6.07 Å². The summed E-state index contributed by atoms with van der Waals surface area (Å²) in [5.41, 5.74) is 5.69. The molecule has 2 rings (SSSR count). The highest BCUT2D eigenvalue weighted by Crippen LogP contribution is 2.39. The molecule has 0 aliphatic heterocycles. The fraction of sp³-hybridized carbons (Fsp3) is 0.667. The van der Waals surface area contributed by atoms with Gasteiger partial charge >= 0.3 is 0 Å². The van der Waals surface area contributed by atoms with Gasteiger partial charge in [-0.05, 0) is 31.2 Å². The summed E-state index contributed by atoms with van der Waals surface area (Å²) < 4.78 is 27.2. The zero-order chi connectivity index (χ0) is 13.4. The molecule has 1 fully saturated rings. The minimum Gasteiger partial charge on any atom is -0.326 e. The molecular weight excluding hydrogens is 268 g/mol. The monoisotopic (exact) mass is 288 g/mol.